The van der Waals surface area contributed by atoms with Crippen molar-refractivity contribution in [3.8, 4) is 5.75 Å². The van der Waals surface area contributed by atoms with Crippen molar-refractivity contribution in [2.24, 2.45) is 5.73 Å². The van der Waals surface area contributed by atoms with Crippen LogP contribution in [0.4, 0.5) is 0 Å². The van der Waals surface area contributed by atoms with Crippen LogP contribution in [-0.4, -0.2) is 32.1 Å². The van der Waals surface area contributed by atoms with E-state index in [4.69, 9.17) is 10.5 Å². The maximum atomic E-state index is 11.5. The molecule has 1 aromatic carbocycles. The Balaban J connectivity index is 2.18. The third-order valence-electron chi connectivity index (χ3n) is 3.53. The van der Waals surface area contributed by atoms with Gasteiger partial charge >= 0.3 is 0 Å². The van der Waals surface area contributed by atoms with E-state index < -0.39 is 9.84 Å². The number of nitrogens with two attached hydrogens (primary N) is 1. The lowest BCUT2D eigenvalue weighted by Gasteiger charge is -2.19. The molecule has 4 nitrogen and oxygen atoms in total. The van der Waals surface area contributed by atoms with E-state index in [1.807, 2.05) is 25.1 Å². The van der Waals surface area contributed by atoms with E-state index in [9.17, 15) is 8.42 Å². The fourth-order valence-corrected chi connectivity index (χ4v) is 4.38. The first-order valence-corrected chi connectivity index (χ1v) is 9.42. The first kappa shape index (κ1) is 15.8. The summed E-state index contributed by atoms with van der Waals surface area (Å²) in [5.74, 6) is 1.05. The second-order valence-electron chi connectivity index (χ2n) is 5.24. The molecule has 0 amide bonds. The predicted octanol–water partition coefficient (Wildman–Crippen LogP) is 2.29. The second-order valence-corrected chi connectivity index (χ2v) is 8.33. The summed E-state index contributed by atoms with van der Waals surface area (Å²) in [7, 11) is -2.93. The highest BCUT2D eigenvalue weighted by atomic mass is 79.9. The molecule has 0 radical (unpaired) electrons. The number of hydrogen-bond donors (Lipinski definition) is 1. The largest absolute Gasteiger partial charge is 0.488 e. The minimum absolute atomic E-state index is 0.0824. The Hall–Kier alpha value is -0.590. The van der Waals surface area contributed by atoms with E-state index in [2.05, 4.69) is 15.9 Å². The molecule has 0 bridgehead atoms. The van der Waals surface area contributed by atoms with Crippen molar-refractivity contribution in [2.75, 3.05) is 11.5 Å². The predicted molar refractivity (Wildman–Crippen MR) is 83.8 cm³/mol. The first-order valence-electron chi connectivity index (χ1n) is 6.81. The van der Waals surface area contributed by atoms with Gasteiger partial charge in [-0.25, -0.2) is 8.42 Å². The van der Waals surface area contributed by atoms with Crippen LogP contribution in [0.3, 0.4) is 0 Å². The minimum Gasteiger partial charge on any atom is -0.488 e. The number of ether oxygens (including phenoxy) is 1. The van der Waals surface area contributed by atoms with E-state index in [1.54, 1.807) is 0 Å². The quantitative estimate of drug-likeness (QED) is 0.873. The molecule has 20 heavy (non-hydrogen) atoms. The van der Waals surface area contributed by atoms with Crippen molar-refractivity contribution >= 4 is 25.8 Å². The van der Waals surface area contributed by atoms with Gasteiger partial charge in [0.25, 0.3) is 0 Å². The molecule has 1 saturated heterocycles. The fourth-order valence-electron chi connectivity index (χ4n) is 2.29. The molecule has 0 saturated carbocycles. The maximum Gasteiger partial charge on any atom is 0.154 e. The van der Waals surface area contributed by atoms with Gasteiger partial charge in [-0.1, -0.05) is 19.1 Å². The molecule has 1 aromatic rings. The van der Waals surface area contributed by atoms with Crippen LogP contribution in [0.5, 0.6) is 5.75 Å². The van der Waals surface area contributed by atoms with Gasteiger partial charge in [0.1, 0.15) is 11.9 Å². The number of benzene rings is 1. The highest BCUT2D eigenvalue weighted by Crippen LogP contribution is 2.32. The van der Waals surface area contributed by atoms with Crippen LogP contribution in [0.25, 0.3) is 0 Å². The van der Waals surface area contributed by atoms with Gasteiger partial charge in [0.15, 0.2) is 9.84 Å². The third-order valence-corrected chi connectivity index (χ3v) is 5.89. The molecule has 2 atom stereocenters. The van der Waals surface area contributed by atoms with Gasteiger partial charge in [0.2, 0.25) is 0 Å². The van der Waals surface area contributed by atoms with E-state index >= 15 is 0 Å². The zero-order valence-electron chi connectivity index (χ0n) is 11.5. The van der Waals surface area contributed by atoms with Gasteiger partial charge in [0, 0.05) is 6.04 Å². The van der Waals surface area contributed by atoms with Crippen molar-refractivity contribution in [1.82, 2.24) is 0 Å². The maximum absolute atomic E-state index is 11.5. The van der Waals surface area contributed by atoms with Crippen molar-refractivity contribution in [3.63, 3.8) is 0 Å². The minimum atomic E-state index is -2.93. The molecule has 2 rings (SSSR count). The summed E-state index contributed by atoms with van der Waals surface area (Å²) in [6.45, 7) is 2.05. The molecule has 0 aromatic heterocycles. The molecule has 2 unspecified atom stereocenters. The Morgan fingerprint density at radius 1 is 1.50 bits per heavy atom. The lowest BCUT2D eigenvalue weighted by molar-refractivity contribution is 0.224. The average molecular weight is 362 g/mol. The van der Waals surface area contributed by atoms with E-state index in [-0.39, 0.29) is 23.7 Å². The summed E-state index contributed by atoms with van der Waals surface area (Å²) in [5, 5.41) is 0. The summed E-state index contributed by atoms with van der Waals surface area (Å²) in [6.07, 6.45) is 1.92. The van der Waals surface area contributed by atoms with Gasteiger partial charge in [0.05, 0.1) is 16.0 Å². The number of sulfone groups is 1. The molecular formula is C14H20BrNO3S. The number of hydrogen-bond acceptors (Lipinski definition) is 4. The van der Waals surface area contributed by atoms with Crippen LogP contribution < -0.4 is 10.5 Å². The van der Waals surface area contributed by atoms with Crippen LogP contribution in [0.1, 0.15) is 25.3 Å². The number of halogens is 1. The highest BCUT2D eigenvalue weighted by molar-refractivity contribution is 9.10. The van der Waals surface area contributed by atoms with Gasteiger partial charge in [-0.3, -0.25) is 0 Å². The number of rotatable bonds is 5. The molecule has 1 aliphatic heterocycles. The van der Waals surface area contributed by atoms with Crippen LogP contribution >= 0.6 is 15.9 Å². The van der Waals surface area contributed by atoms with Crippen LogP contribution in [0.2, 0.25) is 0 Å². The Bertz CT molecular complexity index is 574. The molecule has 1 fully saturated rings. The highest BCUT2D eigenvalue weighted by Gasteiger charge is 2.30. The Morgan fingerprint density at radius 3 is 2.85 bits per heavy atom. The van der Waals surface area contributed by atoms with Gasteiger partial charge in [-0.05, 0) is 46.8 Å². The van der Waals surface area contributed by atoms with Crippen LogP contribution in [0.15, 0.2) is 22.7 Å². The summed E-state index contributed by atoms with van der Waals surface area (Å²) in [4.78, 5) is 0. The van der Waals surface area contributed by atoms with Gasteiger partial charge in [-0.15, -0.1) is 0 Å². The Labute approximate surface area is 128 Å². The molecule has 0 spiro atoms. The van der Waals surface area contributed by atoms with Gasteiger partial charge < -0.3 is 10.5 Å². The first-order chi connectivity index (χ1) is 9.41. The Morgan fingerprint density at radius 2 is 2.25 bits per heavy atom. The normalized spacial score (nSPS) is 22.6. The van der Waals surface area contributed by atoms with Crippen LogP contribution in [0, 0.1) is 0 Å². The van der Waals surface area contributed by atoms with E-state index in [0.717, 1.165) is 28.6 Å². The lowest BCUT2D eigenvalue weighted by Crippen LogP contribution is -2.23. The summed E-state index contributed by atoms with van der Waals surface area (Å²) in [5.41, 5.74) is 7.03. The molecular weight excluding hydrogens is 342 g/mol. The van der Waals surface area contributed by atoms with E-state index in [1.165, 1.54) is 0 Å². The zero-order valence-corrected chi connectivity index (χ0v) is 13.9. The zero-order chi connectivity index (χ0) is 14.8. The molecule has 1 aliphatic rings. The average Bonchev–Trinajstić information content (AvgIpc) is 2.73. The number of para-hydroxylation sites is 1. The molecule has 2 N–H and O–H groups in total. The fraction of sp³-hybridized carbons (Fsp3) is 0.571. The second kappa shape index (κ2) is 6.45. The van der Waals surface area contributed by atoms with Gasteiger partial charge in [-0.2, -0.15) is 0 Å². The molecule has 0 aliphatic carbocycles. The van der Waals surface area contributed by atoms with Crippen molar-refractivity contribution < 1.29 is 13.2 Å². The molecule has 112 valence electrons. The van der Waals surface area contributed by atoms with Crippen molar-refractivity contribution in [1.29, 1.82) is 0 Å². The summed E-state index contributed by atoms with van der Waals surface area (Å²) < 4.78 is 29.8. The van der Waals surface area contributed by atoms with Crippen molar-refractivity contribution in [2.45, 2.75) is 38.3 Å². The Kier molecular flexibility index (Phi) is 5.09. The third kappa shape index (κ3) is 3.96. The van der Waals surface area contributed by atoms with Crippen LogP contribution in [-0.2, 0) is 16.3 Å². The SMILES string of the molecule is CCC(N)Cc1cccc(Br)c1OC1CCS(=O)(=O)C1. The standard InChI is InChI=1S/C14H20BrNO3S/c1-2-11(16)8-10-4-3-5-13(15)14(10)19-12-6-7-20(17,18)9-12/h3-5,11-12H,2,6-9,16H2,1H3. The monoisotopic (exact) mass is 361 g/mol. The summed E-state index contributed by atoms with van der Waals surface area (Å²) in [6, 6.07) is 5.91. The topological polar surface area (TPSA) is 69.4 Å². The molecule has 1 heterocycles. The lowest BCUT2D eigenvalue weighted by atomic mass is 10.0. The molecule has 6 heteroatoms. The summed E-state index contributed by atoms with van der Waals surface area (Å²) >= 11 is 3.48. The van der Waals surface area contributed by atoms with E-state index in [0.29, 0.717) is 6.42 Å². The smallest absolute Gasteiger partial charge is 0.154 e. The van der Waals surface area contributed by atoms with Crippen molar-refractivity contribution in [3.05, 3.63) is 28.2 Å².